The van der Waals surface area contributed by atoms with Gasteiger partial charge in [-0.05, 0) is 32.3 Å². The largest absolute Gasteiger partial charge is 0.389 e. The highest BCUT2D eigenvalue weighted by Crippen LogP contribution is 2.39. The van der Waals surface area contributed by atoms with Crippen molar-refractivity contribution >= 4 is 17.2 Å². The number of nitrogens with zero attached hydrogens (tertiary/aromatic N) is 2. The zero-order valence-electron chi connectivity index (χ0n) is 15.3. The summed E-state index contributed by atoms with van der Waals surface area (Å²) in [6, 6.07) is 8.30. The van der Waals surface area contributed by atoms with E-state index >= 15 is 0 Å². The van der Waals surface area contributed by atoms with Crippen molar-refractivity contribution in [1.29, 1.82) is 0 Å². The predicted octanol–water partition coefficient (Wildman–Crippen LogP) is 3.81. The number of hydrogen-bond acceptors (Lipinski definition) is 4. The summed E-state index contributed by atoms with van der Waals surface area (Å²) in [6.07, 6.45) is 5.28. The Hall–Kier alpha value is -1.72. The molecule has 1 amide bonds. The second kappa shape index (κ2) is 7.12. The number of likely N-dealkylation sites (tertiary alicyclic amines) is 1. The van der Waals surface area contributed by atoms with Crippen molar-refractivity contribution in [2.75, 3.05) is 13.1 Å². The number of piperidine rings is 1. The lowest BCUT2D eigenvalue weighted by Crippen LogP contribution is -2.54. The first-order valence-electron chi connectivity index (χ1n) is 9.55. The number of carbonyl (C=O) groups is 1. The molecule has 2 aliphatic rings. The lowest BCUT2D eigenvalue weighted by molar-refractivity contribution is -0.142. The van der Waals surface area contributed by atoms with Crippen molar-refractivity contribution in [3.8, 4) is 10.6 Å². The van der Waals surface area contributed by atoms with Crippen LogP contribution in [0.4, 0.5) is 0 Å². The van der Waals surface area contributed by atoms with E-state index in [2.05, 4.69) is 30.1 Å². The number of benzene rings is 1. The SMILES string of the molecule is Cc1cccc(-c2nc(CC(=O)N3CCC4(O)CCCCC4C3)cs2)c1. The fourth-order valence-corrected chi connectivity index (χ4v) is 5.18. The Kier molecular flexibility index (Phi) is 4.84. The lowest BCUT2D eigenvalue weighted by Gasteiger charge is -2.47. The monoisotopic (exact) mass is 370 g/mol. The summed E-state index contributed by atoms with van der Waals surface area (Å²) in [5, 5.41) is 13.7. The van der Waals surface area contributed by atoms with E-state index in [1.165, 1.54) is 12.0 Å². The molecule has 0 spiro atoms. The van der Waals surface area contributed by atoms with E-state index in [0.29, 0.717) is 19.5 Å². The maximum absolute atomic E-state index is 12.8. The molecule has 2 fully saturated rings. The molecule has 0 radical (unpaired) electrons. The molecule has 4 rings (SSSR count). The number of carbonyl (C=O) groups excluding carboxylic acids is 1. The van der Waals surface area contributed by atoms with E-state index in [1.54, 1.807) is 11.3 Å². The Morgan fingerprint density at radius 1 is 1.38 bits per heavy atom. The normalized spacial score (nSPS) is 25.8. The average Bonchev–Trinajstić information content (AvgIpc) is 3.09. The molecular formula is C21H26N2O2S. The van der Waals surface area contributed by atoms with Crippen molar-refractivity contribution in [1.82, 2.24) is 9.88 Å². The standard InChI is InChI=1S/C21H26N2O2S/c1-15-5-4-6-16(11-15)20-22-18(14-26-20)12-19(24)23-10-9-21(25)8-3-2-7-17(21)13-23/h4-6,11,14,17,25H,2-3,7-10,12-13H2,1H3. The van der Waals surface area contributed by atoms with E-state index in [9.17, 15) is 9.90 Å². The van der Waals surface area contributed by atoms with Crippen LogP contribution in [0.25, 0.3) is 10.6 Å². The second-order valence-corrected chi connectivity index (χ2v) is 8.68. The van der Waals surface area contributed by atoms with Gasteiger partial charge in [-0.2, -0.15) is 0 Å². The smallest absolute Gasteiger partial charge is 0.228 e. The van der Waals surface area contributed by atoms with Gasteiger partial charge in [0.2, 0.25) is 5.91 Å². The Morgan fingerprint density at radius 2 is 2.27 bits per heavy atom. The maximum atomic E-state index is 12.8. The second-order valence-electron chi connectivity index (χ2n) is 7.83. The molecule has 138 valence electrons. The van der Waals surface area contributed by atoms with Crippen LogP contribution in [-0.4, -0.2) is 39.6 Å². The van der Waals surface area contributed by atoms with Gasteiger partial charge in [0.05, 0.1) is 17.7 Å². The first-order valence-corrected chi connectivity index (χ1v) is 10.4. The molecule has 1 aromatic heterocycles. The quantitative estimate of drug-likeness (QED) is 0.894. The minimum atomic E-state index is -0.534. The van der Waals surface area contributed by atoms with Gasteiger partial charge in [-0.3, -0.25) is 4.79 Å². The van der Waals surface area contributed by atoms with Crippen LogP contribution in [-0.2, 0) is 11.2 Å². The fraction of sp³-hybridized carbons (Fsp3) is 0.524. The average molecular weight is 371 g/mol. The molecule has 2 atom stereocenters. The maximum Gasteiger partial charge on any atom is 0.228 e. The number of rotatable bonds is 3. The molecule has 2 unspecified atom stereocenters. The van der Waals surface area contributed by atoms with Crippen LogP contribution < -0.4 is 0 Å². The van der Waals surface area contributed by atoms with Crippen molar-refractivity contribution in [3.05, 3.63) is 40.9 Å². The van der Waals surface area contributed by atoms with E-state index in [1.807, 2.05) is 16.3 Å². The Morgan fingerprint density at radius 3 is 3.12 bits per heavy atom. The van der Waals surface area contributed by atoms with Gasteiger partial charge in [0.25, 0.3) is 0 Å². The summed E-state index contributed by atoms with van der Waals surface area (Å²) in [5.74, 6) is 0.381. The van der Waals surface area contributed by atoms with Gasteiger partial charge in [0.15, 0.2) is 0 Å². The number of fused-ring (bicyclic) bond motifs is 1. The van der Waals surface area contributed by atoms with Crippen molar-refractivity contribution < 1.29 is 9.90 Å². The molecule has 1 aliphatic heterocycles. The van der Waals surface area contributed by atoms with Gasteiger partial charge < -0.3 is 10.0 Å². The number of aromatic nitrogens is 1. The van der Waals surface area contributed by atoms with Gasteiger partial charge in [0.1, 0.15) is 5.01 Å². The topological polar surface area (TPSA) is 53.4 Å². The van der Waals surface area contributed by atoms with Crippen LogP contribution in [0.2, 0.25) is 0 Å². The van der Waals surface area contributed by atoms with Gasteiger partial charge in [-0.1, -0.05) is 36.6 Å². The first-order chi connectivity index (χ1) is 12.5. The van der Waals surface area contributed by atoms with E-state index in [4.69, 9.17) is 0 Å². The molecule has 0 bridgehead atoms. The van der Waals surface area contributed by atoms with Crippen LogP contribution >= 0.6 is 11.3 Å². The third kappa shape index (κ3) is 3.55. The van der Waals surface area contributed by atoms with Crippen molar-refractivity contribution in [2.45, 2.75) is 51.0 Å². The minimum absolute atomic E-state index is 0.138. The van der Waals surface area contributed by atoms with Crippen molar-refractivity contribution in [3.63, 3.8) is 0 Å². The Balaban J connectivity index is 1.41. The predicted molar refractivity (Wildman–Crippen MR) is 104 cm³/mol. The van der Waals surface area contributed by atoms with E-state index in [0.717, 1.165) is 41.9 Å². The molecule has 2 aromatic rings. The van der Waals surface area contributed by atoms with Gasteiger partial charge >= 0.3 is 0 Å². The number of thiazole rings is 1. The van der Waals surface area contributed by atoms with E-state index in [-0.39, 0.29) is 11.8 Å². The van der Waals surface area contributed by atoms with Gasteiger partial charge in [-0.25, -0.2) is 4.98 Å². The molecule has 1 saturated carbocycles. The van der Waals surface area contributed by atoms with E-state index < -0.39 is 5.60 Å². The lowest BCUT2D eigenvalue weighted by atomic mass is 9.71. The molecule has 1 aliphatic carbocycles. The van der Waals surface area contributed by atoms with Gasteiger partial charge in [-0.15, -0.1) is 11.3 Å². The number of aryl methyl sites for hydroxylation is 1. The summed E-state index contributed by atoms with van der Waals surface area (Å²) in [6.45, 7) is 3.44. The molecule has 5 heteroatoms. The number of aliphatic hydroxyl groups is 1. The third-order valence-corrected chi connectivity index (χ3v) is 6.87. The molecular weight excluding hydrogens is 344 g/mol. The zero-order valence-corrected chi connectivity index (χ0v) is 16.1. The summed E-state index contributed by atoms with van der Waals surface area (Å²) >= 11 is 1.60. The molecule has 2 heterocycles. The molecule has 4 nitrogen and oxygen atoms in total. The Bertz CT molecular complexity index is 803. The summed E-state index contributed by atoms with van der Waals surface area (Å²) in [7, 11) is 0. The molecule has 26 heavy (non-hydrogen) atoms. The summed E-state index contributed by atoms with van der Waals surface area (Å²) < 4.78 is 0. The highest BCUT2D eigenvalue weighted by molar-refractivity contribution is 7.13. The Labute approximate surface area is 158 Å². The number of hydrogen-bond donors (Lipinski definition) is 1. The summed E-state index contributed by atoms with van der Waals surface area (Å²) in [4.78, 5) is 19.4. The van der Waals surface area contributed by atoms with Crippen LogP contribution in [0.5, 0.6) is 0 Å². The molecule has 1 aromatic carbocycles. The van der Waals surface area contributed by atoms with Crippen LogP contribution in [0, 0.1) is 12.8 Å². The van der Waals surface area contributed by atoms with Gasteiger partial charge in [0, 0.05) is 30.0 Å². The van der Waals surface area contributed by atoms with Crippen LogP contribution in [0.15, 0.2) is 29.6 Å². The third-order valence-electron chi connectivity index (χ3n) is 5.93. The van der Waals surface area contributed by atoms with Crippen molar-refractivity contribution in [2.24, 2.45) is 5.92 Å². The molecule has 1 N–H and O–H groups in total. The molecule has 1 saturated heterocycles. The first kappa shape index (κ1) is 17.7. The highest BCUT2D eigenvalue weighted by Gasteiger charge is 2.43. The fourth-order valence-electron chi connectivity index (χ4n) is 4.36. The van der Waals surface area contributed by atoms with Crippen LogP contribution in [0.3, 0.4) is 0 Å². The summed E-state index contributed by atoms with van der Waals surface area (Å²) in [5.41, 5.74) is 2.64. The van der Waals surface area contributed by atoms with Crippen LogP contribution in [0.1, 0.15) is 43.4 Å². The minimum Gasteiger partial charge on any atom is -0.389 e. The zero-order chi connectivity index (χ0) is 18.1. The number of amides is 1. The highest BCUT2D eigenvalue weighted by atomic mass is 32.1.